The SMILES string of the molecule is CC1CC(C)CC(OCC2CCCCC2CN)C1. The van der Waals surface area contributed by atoms with Gasteiger partial charge in [-0.1, -0.05) is 26.7 Å². The van der Waals surface area contributed by atoms with Crippen molar-refractivity contribution >= 4 is 0 Å². The van der Waals surface area contributed by atoms with Crippen LogP contribution in [0.3, 0.4) is 0 Å². The lowest BCUT2D eigenvalue weighted by molar-refractivity contribution is -0.0303. The van der Waals surface area contributed by atoms with E-state index < -0.39 is 0 Å². The first kappa shape index (κ1) is 14.3. The average molecular weight is 253 g/mol. The van der Waals surface area contributed by atoms with Crippen LogP contribution >= 0.6 is 0 Å². The van der Waals surface area contributed by atoms with E-state index in [1.807, 2.05) is 0 Å². The third-order valence-electron chi connectivity index (χ3n) is 5.05. The molecule has 4 atom stereocenters. The maximum atomic E-state index is 6.24. The van der Waals surface area contributed by atoms with E-state index >= 15 is 0 Å². The van der Waals surface area contributed by atoms with Gasteiger partial charge in [-0.05, 0) is 62.3 Å². The van der Waals surface area contributed by atoms with Gasteiger partial charge >= 0.3 is 0 Å². The van der Waals surface area contributed by atoms with Crippen LogP contribution in [0.25, 0.3) is 0 Å². The van der Waals surface area contributed by atoms with Gasteiger partial charge in [-0.25, -0.2) is 0 Å². The van der Waals surface area contributed by atoms with Gasteiger partial charge in [0, 0.05) is 0 Å². The Morgan fingerprint density at radius 1 is 0.944 bits per heavy atom. The molecule has 2 saturated carbocycles. The molecule has 0 aliphatic heterocycles. The van der Waals surface area contributed by atoms with Gasteiger partial charge in [-0.3, -0.25) is 0 Å². The Hall–Kier alpha value is -0.0800. The standard InChI is InChI=1S/C16H31NO/c1-12-7-13(2)9-16(8-12)18-11-15-6-4-3-5-14(15)10-17/h12-16H,3-11,17H2,1-2H3. The van der Waals surface area contributed by atoms with Crippen molar-refractivity contribution in [3.05, 3.63) is 0 Å². The zero-order valence-corrected chi connectivity index (χ0v) is 12.2. The zero-order valence-electron chi connectivity index (χ0n) is 12.2. The minimum absolute atomic E-state index is 0.518. The van der Waals surface area contributed by atoms with E-state index in [1.54, 1.807) is 0 Å². The lowest BCUT2D eigenvalue weighted by Gasteiger charge is -2.35. The van der Waals surface area contributed by atoms with Crippen molar-refractivity contribution in [3.63, 3.8) is 0 Å². The molecule has 4 unspecified atom stereocenters. The molecule has 2 fully saturated rings. The summed E-state index contributed by atoms with van der Waals surface area (Å²) in [5.74, 6) is 3.14. The Morgan fingerprint density at radius 2 is 1.56 bits per heavy atom. The normalized spacial score (nSPS) is 41.8. The summed E-state index contributed by atoms with van der Waals surface area (Å²) >= 11 is 0. The monoisotopic (exact) mass is 253 g/mol. The molecule has 106 valence electrons. The summed E-state index contributed by atoms with van der Waals surface area (Å²) in [6.07, 6.45) is 9.84. The smallest absolute Gasteiger partial charge is 0.0580 e. The maximum Gasteiger partial charge on any atom is 0.0580 e. The Morgan fingerprint density at radius 3 is 2.17 bits per heavy atom. The molecule has 0 amide bonds. The van der Waals surface area contributed by atoms with Crippen LogP contribution in [0.1, 0.15) is 58.8 Å². The van der Waals surface area contributed by atoms with Crippen LogP contribution in [-0.2, 0) is 4.74 Å². The highest BCUT2D eigenvalue weighted by atomic mass is 16.5. The summed E-state index contributed by atoms with van der Waals surface area (Å²) in [5, 5.41) is 0. The first-order valence-electron chi connectivity index (χ1n) is 8.00. The van der Waals surface area contributed by atoms with Crippen LogP contribution in [0.15, 0.2) is 0 Å². The second kappa shape index (κ2) is 6.91. The zero-order chi connectivity index (χ0) is 13.0. The fourth-order valence-electron chi connectivity index (χ4n) is 4.08. The second-order valence-electron chi connectivity index (χ2n) is 6.91. The Bertz CT molecular complexity index is 233. The number of ether oxygens (including phenoxy) is 1. The highest BCUT2D eigenvalue weighted by molar-refractivity contribution is 4.79. The van der Waals surface area contributed by atoms with E-state index in [4.69, 9.17) is 10.5 Å². The van der Waals surface area contributed by atoms with Gasteiger partial charge < -0.3 is 10.5 Å². The summed E-state index contributed by atoms with van der Waals surface area (Å²) in [7, 11) is 0. The lowest BCUT2D eigenvalue weighted by atomic mass is 9.79. The summed E-state index contributed by atoms with van der Waals surface area (Å²) in [5.41, 5.74) is 5.89. The molecule has 2 aliphatic carbocycles. The molecule has 2 aliphatic rings. The van der Waals surface area contributed by atoms with Crippen molar-refractivity contribution in [3.8, 4) is 0 Å². The minimum Gasteiger partial charge on any atom is -0.378 e. The predicted molar refractivity (Wildman–Crippen MR) is 76.4 cm³/mol. The van der Waals surface area contributed by atoms with Crippen molar-refractivity contribution < 1.29 is 4.74 Å². The summed E-state index contributed by atoms with van der Waals surface area (Å²) in [6.45, 7) is 6.56. The number of hydrogen-bond acceptors (Lipinski definition) is 2. The number of rotatable bonds is 4. The van der Waals surface area contributed by atoms with E-state index in [-0.39, 0.29) is 0 Å². The van der Waals surface area contributed by atoms with Crippen molar-refractivity contribution in [2.75, 3.05) is 13.2 Å². The van der Waals surface area contributed by atoms with Gasteiger partial charge in [0.15, 0.2) is 0 Å². The van der Waals surface area contributed by atoms with E-state index in [2.05, 4.69) is 13.8 Å². The molecule has 2 nitrogen and oxygen atoms in total. The molecule has 0 spiro atoms. The lowest BCUT2D eigenvalue weighted by Crippen LogP contribution is -2.33. The van der Waals surface area contributed by atoms with Crippen LogP contribution in [0.5, 0.6) is 0 Å². The van der Waals surface area contributed by atoms with Crippen molar-refractivity contribution in [1.82, 2.24) is 0 Å². The van der Waals surface area contributed by atoms with E-state index in [0.29, 0.717) is 6.10 Å². The fraction of sp³-hybridized carbons (Fsp3) is 1.00. The van der Waals surface area contributed by atoms with E-state index in [1.165, 1.54) is 44.9 Å². The molecule has 2 N–H and O–H groups in total. The Balaban J connectivity index is 1.75. The van der Waals surface area contributed by atoms with Crippen molar-refractivity contribution in [2.24, 2.45) is 29.4 Å². The molecule has 0 heterocycles. The molecular formula is C16H31NO. The maximum absolute atomic E-state index is 6.24. The van der Waals surface area contributed by atoms with Gasteiger partial charge in [0.1, 0.15) is 0 Å². The first-order valence-corrected chi connectivity index (χ1v) is 8.00. The first-order chi connectivity index (χ1) is 8.69. The van der Waals surface area contributed by atoms with Crippen LogP contribution in [0.4, 0.5) is 0 Å². The molecule has 0 radical (unpaired) electrons. The predicted octanol–water partition coefficient (Wildman–Crippen LogP) is 3.59. The topological polar surface area (TPSA) is 35.2 Å². The van der Waals surface area contributed by atoms with Crippen LogP contribution in [0.2, 0.25) is 0 Å². The van der Waals surface area contributed by atoms with E-state index in [9.17, 15) is 0 Å². The molecule has 0 saturated heterocycles. The molecule has 0 aromatic carbocycles. The molecule has 0 aromatic heterocycles. The highest BCUT2D eigenvalue weighted by Gasteiger charge is 2.28. The van der Waals surface area contributed by atoms with Gasteiger partial charge in [-0.15, -0.1) is 0 Å². The van der Waals surface area contributed by atoms with Crippen LogP contribution in [-0.4, -0.2) is 19.3 Å². The Labute approximate surface area is 113 Å². The average Bonchev–Trinajstić information content (AvgIpc) is 2.35. The van der Waals surface area contributed by atoms with Gasteiger partial charge in [0.25, 0.3) is 0 Å². The summed E-state index contributed by atoms with van der Waals surface area (Å²) in [4.78, 5) is 0. The number of hydrogen-bond donors (Lipinski definition) is 1. The highest BCUT2D eigenvalue weighted by Crippen LogP contribution is 2.33. The molecule has 0 bridgehead atoms. The minimum atomic E-state index is 0.518. The third-order valence-corrected chi connectivity index (χ3v) is 5.05. The number of nitrogens with two attached hydrogens (primary N) is 1. The van der Waals surface area contributed by atoms with Crippen molar-refractivity contribution in [2.45, 2.75) is 64.9 Å². The third kappa shape index (κ3) is 3.96. The van der Waals surface area contributed by atoms with Crippen LogP contribution < -0.4 is 5.73 Å². The molecule has 18 heavy (non-hydrogen) atoms. The summed E-state index contributed by atoms with van der Waals surface area (Å²) < 4.78 is 6.24. The second-order valence-corrected chi connectivity index (χ2v) is 6.91. The van der Waals surface area contributed by atoms with Gasteiger partial charge in [0.2, 0.25) is 0 Å². The van der Waals surface area contributed by atoms with E-state index in [0.717, 1.165) is 36.8 Å². The van der Waals surface area contributed by atoms with Crippen molar-refractivity contribution in [1.29, 1.82) is 0 Å². The van der Waals surface area contributed by atoms with Gasteiger partial charge in [0.05, 0.1) is 12.7 Å². The largest absolute Gasteiger partial charge is 0.378 e. The summed E-state index contributed by atoms with van der Waals surface area (Å²) in [6, 6.07) is 0. The molecule has 2 rings (SSSR count). The quantitative estimate of drug-likeness (QED) is 0.831. The fourth-order valence-corrected chi connectivity index (χ4v) is 4.08. The van der Waals surface area contributed by atoms with Crippen LogP contribution in [0, 0.1) is 23.7 Å². The Kier molecular flexibility index (Phi) is 5.50. The molecule has 0 aromatic rings. The molecular weight excluding hydrogens is 222 g/mol. The molecule has 2 heteroatoms. The van der Waals surface area contributed by atoms with Gasteiger partial charge in [-0.2, -0.15) is 0 Å².